The number of hydrogen-bond acceptors (Lipinski definition) is 6. The molecule has 0 aromatic heterocycles. The summed E-state index contributed by atoms with van der Waals surface area (Å²) < 4.78 is 5.98. The summed E-state index contributed by atoms with van der Waals surface area (Å²) in [5.41, 5.74) is -1.12. The molecule has 3 fully saturated rings. The van der Waals surface area contributed by atoms with Crippen molar-refractivity contribution in [2.24, 2.45) is 28.6 Å². The van der Waals surface area contributed by atoms with Gasteiger partial charge in [-0.05, 0) is 74.2 Å². The van der Waals surface area contributed by atoms with Gasteiger partial charge in [-0.15, -0.1) is 0 Å². The van der Waals surface area contributed by atoms with E-state index < -0.39 is 35.5 Å². The lowest BCUT2D eigenvalue weighted by atomic mass is 9.45. The van der Waals surface area contributed by atoms with E-state index in [4.69, 9.17) is 4.74 Å². The summed E-state index contributed by atoms with van der Waals surface area (Å²) in [5.74, 6) is -0.297. The molecule has 0 radical (unpaired) electrons. The molecule has 0 spiro atoms. The highest BCUT2D eigenvalue weighted by molar-refractivity contribution is 5.92. The molecule has 0 aliphatic heterocycles. The Balaban J connectivity index is 1.70. The van der Waals surface area contributed by atoms with Crippen LogP contribution in [0.15, 0.2) is 11.6 Å². The molecular weight excluding hydrogens is 408 g/mol. The van der Waals surface area contributed by atoms with Crippen LogP contribution in [0.25, 0.3) is 0 Å². The smallest absolute Gasteiger partial charge is 0.306 e. The van der Waals surface area contributed by atoms with Gasteiger partial charge >= 0.3 is 5.97 Å². The summed E-state index contributed by atoms with van der Waals surface area (Å²) in [4.78, 5) is 37.9. The highest BCUT2D eigenvalue weighted by atomic mass is 16.6. The molecule has 4 rings (SSSR count). The van der Waals surface area contributed by atoms with Crippen molar-refractivity contribution in [3.8, 4) is 0 Å². The van der Waals surface area contributed by atoms with Gasteiger partial charge in [0.1, 0.15) is 6.61 Å². The Labute approximate surface area is 190 Å². The molecule has 0 bridgehead atoms. The number of rotatable bonds is 6. The molecule has 0 amide bonds. The standard InChI is InChI=1S/C26H38O6/c1-4-5-6-22(31)32-26(21(30)15-27)12-10-19-18-8-7-16-13-17(28)9-11-24(16,2)23(18)20(29)14-25(19,26)3/h13,18-20,23,27,29H,4-12,14-15H2,1-3H3/t18-,19-,20-,23+,24-,25-,26?/m0/s1. The molecule has 2 N–H and O–H groups in total. The second-order valence-electron chi connectivity index (χ2n) is 11.1. The summed E-state index contributed by atoms with van der Waals surface area (Å²) in [6.45, 7) is 5.51. The molecule has 1 unspecified atom stereocenters. The first kappa shape index (κ1) is 23.6. The van der Waals surface area contributed by atoms with Crippen LogP contribution in [0, 0.1) is 28.6 Å². The second-order valence-corrected chi connectivity index (χ2v) is 11.1. The zero-order valence-corrected chi connectivity index (χ0v) is 19.7. The molecule has 178 valence electrons. The molecule has 6 heteroatoms. The fourth-order valence-electron chi connectivity index (χ4n) is 8.05. The molecular formula is C26H38O6. The monoisotopic (exact) mass is 446 g/mol. The molecule has 0 heterocycles. The first-order valence-corrected chi connectivity index (χ1v) is 12.4. The van der Waals surface area contributed by atoms with Crippen molar-refractivity contribution >= 4 is 17.5 Å². The number of ether oxygens (including phenoxy) is 1. The maximum Gasteiger partial charge on any atom is 0.306 e. The van der Waals surface area contributed by atoms with E-state index in [0.717, 1.165) is 32.1 Å². The maximum atomic E-state index is 13.1. The lowest BCUT2D eigenvalue weighted by molar-refractivity contribution is -0.202. The molecule has 32 heavy (non-hydrogen) atoms. The Kier molecular flexibility index (Phi) is 6.17. The normalized spacial score (nSPS) is 43.0. The number of esters is 1. The fraction of sp³-hybridized carbons (Fsp3) is 0.808. The van der Waals surface area contributed by atoms with Crippen LogP contribution < -0.4 is 0 Å². The zero-order valence-electron chi connectivity index (χ0n) is 19.7. The van der Waals surface area contributed by atoms with Gasteiger partial charge < -0.3 is 14.9 Å². The summed E-state index contributed by atoms with van der Waals surface area (Å²) in [6, 6.07) is 0. The van der Waals surface area contributed by atoms with E-state index in [1.165, 1.54) is 5.57 Å². The Morgan fingerprint density at radius 2 is 1.94 bits per heavy atom. The van der Waals surface area contributed by atoms with Crippen molar-refractivity contribution in [2.45, 2.75) is 96.7 Å². The van der Waals surface area contributed by atoms with E-state index in [1.807, 2.05) is 19.9 Å². The van der Waals surface area contributed by atoms with E-state index in [2.05, 4.69) is 6.92 Å². The van der Waals surface area contributed by atoms with E-state index >= 15 is 0 Å². The quantitative estimate of drug-likeness (QED) is 0.606. The molecule has 3 saturated carbocycles. The van der Waals surface area contributed by atoms with Gasteiger partial charge in [-0.1, -0.05) is 32.8 Å². The average Bonchev–Trinajstić information content (AvgIpc) is 3.04. The third-order valence-corrected chi connectivity index (χ3v) is 9.63. The molecule has 4 aliphatic rings. The van der Waals surface area contributed by atoms with Gasteiger partial charge in [0.15, 0.2) is 11.4 Å². The van der Waals surface area contributed by atoms with Crippen molar-refractivity contribution in [3.05, 3.63) is 11.6 Å². The third kappa shape index (κ3) is 3.32. The minimum atomic E-state index is -1.37. The molecule has 0 aromatic carbocycles. The van der Waals surface area contributed by atoms with Crippen molar-refractivity contribution in [2.75, 3.05) is 6.61 Å². The molecule has 0 saturated heterocycles. The SMILES string of the molecule is CCCCC(=O)OC1(C(=O)CO)CC[C@H]2[C@@H]3CCC4=CC(=O)CC[C@]4(C)[C@H]3[C@@H](O)C[C@@]21C. The van der Waals surface area contributed by atoms with Crippen LogP contribution in [0.1, 0.15) is 85.0 Å². The molecule has 0 aromatic rings. The number of unbranched alkanes of at least 4 members (excludes halogenated alkanes) is 1. The Bertz CT molecular complexity index is 832. The summed E-state index contributed by atoms with van der Waals surface area (Å²) in [7, 11) is 0. The average molecular weight is 447 g/mol. The van der Waals surface area contributed by atoms with Crippen molar-refractivity contribution in [1.29, 1.82) is 0 Å². The van der Waals surface area contributed by atoms with Gasteiger partial charge in [-0.2, -0.15) is 0 Å². The van der Waals surface area contributed by atoms with Crippen LogP contribution in [-0.2, 0) is 19.1 Å². The number of fused-ring (bicyclic) bond motifs is 5. The first-order valence-electron chi connectivity index (χ1n) is 12.4. The summed E-state index contributed by atoms with van der Waals surface area (Å²) >= 11 is 0. The first-order chi connectivity index (χ1) is 15.1. The largest absolute Gasteiger partial charge is 0.450 e. The zero-order chi connectivity index (χ0) is 23.3. The number of hydrogen-bond donors (Lipinski definition) is 2. The number of aliphatic hydroxyl groups excluding tert-OH is 2. The Morgan fingerprint density at radius 3 is 2.62 bits per heavy atom. The Hall–Kier alpha value is -1.53. The third-order valence-electron chi connectivity index (χ3n) is 9.63. The number of allylic oxidation sites excluding steroid dienone is 1. The fourth-order valence-corrected chi connectivity index (χ4v) is 8.05. The lowest BCUT2D eigenvalue weighted by Gasteiger charge is -2.60. The van der Waals surface area contributed by atoms with Crippen LogP contribution in [0.3, 0.4) is 0 Å². The molecule has 7 atom stereocenters. The van der Waals surface area contributed by atoms with Crippen LogP contribution >= 0.6 is 0 Å². The van der Waals surface area contributed by atoms with Gasteiger partial charge in [0.2, 0.25) is 5.78 Å². The number of carbonyl (C=O) groups is 3. The van der Waals surface area contributed by atoms with Crippen molar-refractivity contribution < 1.29 is 29.3 Å². The van der Waals surface area contributed by atoms with E-state index in [0.29, 0.717) is 25.7 Å². The van der Waals surface area contributed by atoms with E-state index in [1.54, 1.807) is 0 Å². The number of ketones is 2. The van der Waals surface area contributed by atoms with Crippen LogP contribution in [0.4, 0.5) is 0 Å². The van der Waals surface area contributed by atoms with Crippen molar-refractivity contribution in [1.82, 2.24) is 0 Å². The van der Waals surface area contributed by atoms with Crippen LogP contribution in [0.5, 0.6) is 0 Å². The van der Waals surface area contributed by atoms with Crippen LogP contribution in [0.2, 0.25) is 0 Å². The minimum Gasteiger partial charge on any atom is -0.450 e. The van der Waals surface area contributed by atoms with Crippen molar-refractivity contribution in [3.63, 3.8) is 0 Å². The number of Topliss-reactive ketones (excluding diaryl/α,β-unsaturated/α-hetero) is 1. The van der Waals surface area contributed by atoms with Gasteiger partial charge in [-0.25, -0.2) is 0 Å². The Morgan fingerprint density at radius 1 is 1.19 bits per heavy atom. The van der Waals surface area contributed by atoms with E-state index in [-0.39, 0.29) is 35.4 Å². The number of carbonyl (C=O) groups excluding carboxylic acids is 3. The van der Waals surface area contributed by atoms with Gasteiger partial charge in [0.05, 0.1) is 6.10 Å². The van der Waals surface area contributed by atoms with Gasteiger partial charge in [0, 0.05) is 18.3 Å². The summed E-state index contributed by atoms with van der Waals surface area (Å²) in [6.07, 6.45) is 7.44. The van der Waals surface area contributed by atoms with Gasteiger partial charge in [0.25, 0.3) is 0 Å². The topological polar surface area (TPSA) is 101 Å². The maximum absolute atomic E-state index is 13.1. The highest BCUT2D eigenvalue weighted by Crippen LogP contribution is 2.68. The van der Waals surface area contributed by atoms with E-state index in [9.17, 15) is 24.6 Å². The van der Waals surface area contributed by atoms with Gasteiger partial charge in [-0.3, -0.25) is 14.4 Å². The molecule has 6 nitrogen and oxygen atoms in total. The predicted octanol–water partition coefficient (Wildman–Crippen LogP) is 3.52. The summed E-state index contributed by atoms with van der Waals surface area (Å²) in [5, 5.41) is 21.4. The molecule has 4 aliphatic carbocycles. The predicted molar refractivity (Wildman–Crippen MR) is 119 cm³/mol. The minimum absolute atomic E-state index is 0.0319. The number of aliphatic hydroxyl groups is 2. The van der Waals surface area contributed by atoms with Crippen LogP contribution in [-0.4, -0.2) is 46.1 Å². The lowest BCUT2D eigenvalue weighted by Crippen LogP contribution is -2.63. The second kappa shape index (κ2) is 8.35. The highest BCUT2D eigenvalue weighted by Gasteiger charge is 2.70.